The molecule has 0 N–H and O–H groups in total. The highest BCUT2D eigenvalue weighted by molar-refractivity contribution is 6.33. The van der Waals surface area contributed by atoms with E-state index in [0.717, 1.165) is 23.4 Å². The quantitative estimate of drug-likeness (QED) is 0.688. The number of rotatable bonds is 1. The van der Waals surface area contributed by atoms with Crippen LogP contribution in [-0.2, 0) is 11.9 Å². The lowest BCUT2D eigenvalue weighted by Crippen LogP contribution is -1.99. The van der Waals surface area contributed by atoms with Crippen molar-refractivity contribution in [2.75, 3.05) is 6.61 Å². The summed E-state index contributed by atoms with van der Waals surface area (Å²) in [5.41, 5.74) is 2.72. The Bertz CT molecular complexity index is 370. The molecule has 0 fully saturated rings. The van der Waals surface area contributed by atoms with E-state index in [4.69, 9.17) is 16.4 Å². The maximum atomic E-state index is 6.06. The fraction of sp³-hybridized carbons (Fsp3) is 0.500. The molecule has 13 heavy (non-hydrogen) atoms. The predicted molar refractivity (Wildman–Crippen MR) is 50.1 cm³/mol. The molecule has 0 amide bonds. The fourth-order valence-corrected chi connectivity index (χ4v) is 1.72. The number of aryl methyl sites for hydroxylation is 2. The Balaban J connectivity index is 2.49. The first kappa shape index (κ1) is 8.56. The van der Waals surface area contributed by atoms with Gasteiger partial charge in [-0.25, -0.2) is 0 Å². The highest BCUT2D eigenvalue weighted by Gasteiger charge is 2.20. The van der Waals surface area contributed by atoms with E-state index in [1.165, 1.54) is 0 Å². The summed E-state index contributed by atoms with van der Waals surface area (Å²) in [6.07, 6.45) is 0.812. The van der Waals surface area contributed by atoms with Crippen LogP contribution >= 0.6 is 11.6 Å². The van der Waals surface area contributed by atoms with Crippen LogP contribution in [0.1, 0.15) is 17.7 Å². The molecule has 2 rings (SSSR count). The summed E-state index contributed by atoms with van der Waals surface area (Å²) in [4.78, 5) is 4.92. The second kappa shape index (κ2) is 3.03. The molecule has 0 aromatic carbocycles. The molecule has 0 unspecified atom stereocenters. The van der Waals surface area contributed by atoms with Gasteiger partial charge in [-0.3, -0.25) is 4.68 Å². The Morgan fingerprint density at radius 3 is 2.77 bits per heavy atom. The third-order valence-corrected chi connectivity index (χ3v) is 2.48. The van der Waals surface area contributed by atoms with Gasteiger partial charge in [0, 0.05) is 13.5 Å². The highest BCUT2D eigenvalue weighted by Crippen LogP contribution is 2.22. The minimum atomic E-state index is 0.627. The first-order valence-corrected chi connectivity index (χ1v) is 4.46. The van der Waals surface area contributed by atoms with E-state index in [2.05, 4.69) is 10.3 Å². The summed E-state index contributed by atoms with van der Waals surface area (Å²) in [7, 11) is 1.81. The smallest absolute Gasteiger partial charge is 0.136 e. The van der Waals surface area contributed by atoms with E-state index in [9.17, 15) is 0 Å². The van der Waals surface area contributed by atoms with Crippen molar-refractivity contribution in [1.82, 2.24) is 9.78 Å². The van der Waals surface area contributed by atoms with Gasteiger partial charge >= 0.3 is 0 Å². The first-order valence-electron chi connectivity index (χ1n) is 4.08. The lowest BCUT2D eigenvalue weighted by atomic mass is 10.1. The van der Waals surface area contributed by atoms with Crippen LogP contribution in [0.2, 0.25) is 5.15 Å². The van der Waals surface area contributed by atoms with Gasteiger partial charge in [-0.1, -0.05) is 16.8 Å². The van der Waals surface area contributed by atoms with Crippen LogP contribution in [0.4, 0.5) is 0 Å². The van der Waals surface area contributed by atoms with E-state index >= 15 is 0 Å². The van der Waals surface area contributed by atoms with E-state index in [0.29, 0.717) is 11.8 Å². The van der Waals surface area contributed by atoms with Crippen molar-refractivity contribution in [1.29, 1.82) is 0 Å². The number of nitrogens with zero attached hydrogens (tertiary/aromatic N) is 3. The van der Waals surface area contributed by atoms with Crippen LogP contribution in [0.15, 0.2) is 5.16 Å². The van der Waals surface area contributed by atoms with Crippen molar-refractivity contribution >= 4 is 17.3 Å². The fourth-order valence-electron chi connectivity index (χ4n) is 1.44. The van der Waals surface area contributed by atoms with Crippen molar-refractivity contribution in [3.8, 4) is 0 Å². The molecule has 0 bridgehead atoms. The maximum Gasteiger partial charge on any atom is 0.136 e. The average molecular weight is 200 g/mol. The summed E-state index contributed by atoms with van der Waals surface area (Å²) in [6, 6.07) is 0. The van der Waals surface area contributed by atoms with E-state index in [1.807, 2.05) is 14.0 Å². The van der Waals surface area contributed by atoms with Gasteiger partial charge in [0.05, 0.1) is 17.0 Å². The summed E-state index contributed by atoms with van der Waals surface area (Å²) >= 11 is 6.06. The molecule has 2 heterocycles. The molecule has 0 spiro atoms. The predicted octanol–water partition coefficient (Wildman–Crippen LogP) is 1.51. The summed E-state index contributed by atoms with van der Waals surface area (Å²) in [5, 5.41) is 8.75. The van der Waals surface area contributed by atoms with Gasteiger partial charge in [-0.05, 0) is 6.92 Å². The molecule has 4 nitrogen and oxygen atoms in total. The van der Waals surface area contributed by atoms with Crippen molar-refractivity contribution < 1.29 is 4.84 Å². The topological polar surface area (TPSA) is 39.4 Å². The van der Waals surface area contributed by atoms with Gasteiger partial charge in [0.15, 0.2) is 0 Å². The minimum absolute atomic E-state index is 0.627. The van der Waals surface area contributed by atoms with Gasteiger partial charge in [0.25, 0.3) is 0 Å². The number of halogens is 1. The van der Waals surface area contributed by atoms with Crippen LogP contribution in [0.3, 0.4) is 0 Å². The van der Waals surface area contributed by atoms with Gasteiger partial charge in [-0.2, -0.15) is 5.10 Å². The van der Waals surface area contributed by atoms with E-state index in [1.54, 1.807) is 4.68 Å². The molecule has 1 aliphatic rings. The van der Waals surface area contributed by atoms with Crippen molar-refractivity contribution in [3.63, 3.8) is 0 Å². The van der Waals surface area contributed by atoms with E-state index < -0.39 is 0 Å². The molecule has 0 atom stereocenters. The minimum Gasteiger partial charge on any atom is -0.395 e. The molecule has 1 aromatic rings. The van der Waals surface area contributed by atoms with Gasteiger partial charge < -0.3 is 4.84 Å². The van der Waals surface area contributed by atoms with Crippen molar-refractivity contribution in [2.24, 2.45) is 12.2 Å². The molecule has 0 saturated carbocycles. The SMILES string of the molecule is Cc1nn(C)c(Cl)c1C1=NOCC1. The molecule has 5 heteroatoms. The van der Waals surface area contributed by atoms with Crippen molar-refractivity contribution in [3.05, 3.63) is 16.4 Å². The third-order valence-electron chi connectivity index (χ3n) is 2.05. The van der Waals surface area contributed by atoms with Crippen LogP contribution in [-0.4, -0.2) is 22.1 Å². The number of aromatic nitrogens is 2. The van der Waals surface area contributed by atoms with Gasteiger partial charge in [-0.15, -0.1) is 0 Å². The molecule has 1 aliphatic heterocycles. The maximum absolute atomic E-state index is 6.06. The molecule has 1 aromatic heterocycles. The highest BCUT2D eigenvalue weighted by atomic mass is 35.5. The summed E-state index contributed by atoms with van der Waals surface area (Å²) < 4.78 is 1.65. The van der Waals surface area contributed by atoms with Crippen molar-refractivity contribution in [2.45, 2.75) is 13.3 Å². The number of oxime groups is 1. The zero-order chi connectivity index (χ0) is 9.42. The van der Waals surface area contributed by atoms with Gasteiger partial charge in [0.1, 0.15) is 11.8 Å². The number of hydrogen-bond acceptors (Lipinski definition) is 3. The monoisotopic (exact) mass is 199 g/mol. The van der Waals surface area contributed by atoms with Gasteiger partial charge in [0.2, 0.25) is 0 Å². The molecule has 0 radical (unpaired) electrons. The Labute approximate surface area is 81.1 Å². The molecular weight excluding hydrogens is 190 g/mol. The van der Waals surface area contributed by atoms with E-state index in [-0.39, 0.29) is 0 Å². The second-order valence-corrected chi connectivity index (χ2v) is 3.35. The largest absolute Gasteiger partial charge is 0.395 e. The average Bonchev–Trinajstić information content (AvgIpc) is 2.63. The van der Waals surface area contributed by atoms with Crippen LogP contribution in [0, 0.1) is 6.92 Å². The number of hydrogen-bond donors (Lipinski definition) is 0. The lowest BCUT2D eigenvalue weighted by molar-refractivity contribution is 0.174. The zero-order valence-electron chi connectivity index (χ0n) is 7.54. The third kappa shape index (κ3) is 1.31. The molecule has 70 valence electrons. The molecule has 0 saturated heterocycles. The summed E-state index contributed by atoms with van der Waals surface area (Å²) in [6.45, 7) is 2.56. The Hall–Kier alpha value is -1.03. The Morgan fingerprint density at radius 1 is 1.54 bits per heavy atom. The summed E-state index contributed by atoms with van der Waals surface area (Å²) in [5.74, 6) is 0. The Morgan fingerprint density at radius 2 is 2.31 bits per heavy atom. The van der Waals surface area contributed by atoms with Crippen LogP contribution in [0.5, 0.6) is 0 Å². The first-order chi connectivity index (χ1) is 6.20. The lowest BCUT2D eigenvalue weighted by Gasteiger charge is -1.95. The standard InChI is InChI=1S/C8H10ClN3O/c1-5-7(6-3-4-13-11-6)8(9)12(2)10-5/h3-4H2,1-2H3. The Kier molecular flexibility index (Phi) is 2.00. The normalized spacial score (nSPS) is 15.8. The molecule has 0 aliphatic carbocycles. The van der Waals surface area contributed by atoms with Crippen LogP contribution < -0.4 is 0 Å². The van der Waals surface area contributed by atoms with Crippen LogP contribution in [0.25, 0.3) is 0 Å². The zero-order valence-corrected chi connectivity index (χ0v) is 8.30. The second-order valence-electron chi connectivity index (χ2n) is 3.00. The molecular formula is C8H10ClN3O.